The molecule has 0 saturated carbocycles. The summed E-state index contributed by atoms with van der Waals surface area (Å²) in [5, 5.41) is 8.65. The van der Waals surface area contributed by atoms with E-state index in [0.717, 1.165) is 43.4 Å². The second kappa shape index (κ2) is 5.12. The average Bonchev–Trinajstić information content (AvgIpc) is 3.00. The van der Waals surface area contributed by atoms with Crippen molar-refractivity contribution in [1.82, 2.24) is 24.6 Å². The summed E-state index contributed by atoms with van der Waals surface area (Å²) in [5.41, 5.74) is 0.903. The zero-order valence-electron chi connectivity index (χ0n) is 11.6. The van der Waals surface area contributed by atoms with Crippen molar-refractivity contribution in [3.8, 4) is 0 Å². The summed E-state index contributed by atoms with van der Waals surface area (Å²) >= 11 is 0. The number of piperidine rings is 1. The lowest BCUT2D eigenvalue weighted by Crippen LogP contribution is -2.36. The molecular formula is C15H16N6. The third-order valence-electron chi connectivity index (χ3n) is 3.96. The molecule has 6 nitrogen and oxygen atoms in total. The van der Waals surface area contributed by atoms with Gasteiger partial charge in [-0.15, -0.1) is 10.2 Å². The fourth-order valence-corrected chi connectivity index (χ4v) is 2.96. The van der Waals surface area contributed by atoms with Crippen LogP contribution in [0.25, 0.3) is 5.65 Å². The maximum absolute atomic E-state index is 4.39. The Bertz CT molecular complexity index is 738. The highest BCUT2D eigenvalue weighted by molar-refractivity contribution is 5.38. The van der Waals surface area contributed by atoms with Crippen LogP contribution in [0.15, 0.2) is 42.9 Å². The third kappa shape index (κ3) is 2.22. The number of hydrogen-bond donors (Lipinski definition) is 0. The summed E-state index contributed by atoms with van der Waals surface area (Å²) in [7, 11) is 0. The van der Waals surface area contributed by atoms with Crippen LogP contribution in [-0.2, 0) is 0 Å². The van der Waals surface area contributed by atoms with Gasteiger partial charge in [0.15, 0.2) is 5.65 Å². The van der Waals surface area contributed by atoms with Crippen LogP contribution in [0.1, 0.15) is 24.6 Å². The van der Waals surface area contributed by atoms with E-state index < -0.39 is 0 Å². The molecule has 0 N–H and O–H groups in total. The minimum Gasteiger partial charge on any atom is -0.340 e. The molecule has 1 atom stereocenters. The molecule has 1 fully saturated rings. The van der Waals surface area contributed by atoms with E-state index in [1.54, 1.807) is 12.4 Å². The van der Waals surface area contributed by atoms with Gasteiger partial charge < -0.3 is 4.90 Å². The van der Waals surface area contributed by atoms with E-state index in [1.807, 2.05) is 30.5 Å². The lowest BCUT2D eigenvalue weighted by molar-refractivity contribution is 0.482. The number of anilines is 1. The van der Waals surface area contributed by atoms with Crippen LogP contribution in [0.4, 0.5) is 5.95 Å². The summed E-state index contributed by atoms with van der Waals surface area (Å²) in [6.45, 7) is 1.89. The van der Waals surface area contributed by atoms with Crippen molar-refractivity contribution < 1.29 is 0 Å². The van der Waals surface area contributed by atoms with Crippen molar-refractivity contribution in [3.63, 3.8) is 0 Å². The predicted octanol–water partition coefficient (Wildman–Crippen LogP) is 1.90. The van der Waals surface area contributed by atoms with E-state index >= 15 is 0 Å². The zero-order chi connectivity index (χ0) is 14.1. The van der Waals surface area contributed by atoms with E-state index in [-0.39, 0.29) is 0 Å². The fourth-order valence-electron chi connectivity index (χ4n) is 2.96. The van der Waals surface area contributed by atoms with Crippen molar-refractivity contribution >= 4 is 11.6 Å². The van der Waals surface area contributed by atoms with Crippen molar-refractivity contribution in [3.05, 3.63) is 48.7 Å². The smallest absolute Gasteiger partial charge is 0.225 e. The molecule has 0 spiro atoms. The zero-order valence-corrected chi connectivity index (χ0v) is 11.6. The van der Waals surface area contributed by atoms with Gasteiger partial charge in [-0.2, -0.15) is 0 Å². The third-order valence-corrected chi connectivity index (χ3v) is 3.96. The molecule has 3 aromatic rings. The lowest BCUT2D eigenvalue weighted by atomic mass is 9.97. The molecule has 4 rings (SSSR count). The van der Waals surface area contributed by atoms with Crippen LogP contribution >= 0.6 is 0 Å². The van der Waals surface area contributed by atoms with Gasteiger partial charge in [0.1, 0.15) is 5.82 Å². The Morgan fingerprint density at radius 3 is 2.86 bits per heavy atom. The van der Waals surface area contributed by atoms with Gasteiger partial charge in [0.2, 0.25) is 5.95 Å². The van der Waals surface area contributed by atoms with Crippen LogP contribution in [0.5, 0.6) is 0 Å². The standard InChI is InChI=1S/C15H16N6/c1-2-10-21-13(6-1)18-19-14(21)12-5-3-9-20(11-12)15-16-7-4-8-17-15/h1-2,4,6-8,10,12H,3,5,9,11H2/t12-/m0/s1. The number of fused-ring (bicyclic) bond motifs is 1. The van der Waals surface area contributed by atoms with Crippen molar-refractivity contribution in [1.29, 1.82) is 0 Å². The van der Waals surface area contributed by atoms with Gasteiger partial charge in [0, 0.05) is 37.6 Å². The van der Waals surface area contributed by atoms with E-state index in [1.165, 1.54) is 0 Å². The normalized spacial score (nSPS) is 19.0. The maximum atomic E-state index is 4.39. The van der Waals surface area contributed by atoms with Crippen molar-refractivity contribution in [2.75, 3.05) is 18.0 Å². The quantitative estimate of drug-likeness (QED) is 0.717. The molecule has 0 bridgehead atoms. The summed E-state index contributed by atoms with van der Waals surface area (Å²) in [6.07, 6.45) is 7.85. The highest BCUT2D eigenvalue weighted by Gasteiger charge is 2.26. The molecule has 1 aliphatic rings. The van der Waals surface area contributed by atoms with Crippen LogP contribution in [0.3, 0.4) is 0 Å². The Kier molecular flexibility index (Phi) is 2.99. The Labute approximate surface area is 122 Å². The Balaban J connectivity index is 1.64. The monoisotopic (exact) mass is 280 g/mol. The highest BCUT2D eigenvalue weighted by atomic mass is 15.3. The van der Waals surface area contributed by atoms with Crippen molar-refractivity contribution in [2.24, 2.45) is 0 Å². The Morgan fingerprint density at radius 2 is 1.95 bits per heavy atom. The van der Waals surface area contributed by atoms with Crippen LogP contribution in [-0.4, -0.2) is 37.7 Å². The molecular weight excluding hydrogens is 264 g/mol. The first-order valence-corrected chi connectivity index (χ1v) is 7.23. The number of nitrogens with zero attached hydrogens (tertiary/aromatic N) is 6. The molecule has 0 aliphatic carbocycles. The minimum absolute atomic E-state index is 0.361. The first-order valence-electron chi connectivity index (χ1n) is 7.23. The fraction of sp³-hybridized carbons (Fsp3) is 0.333. The predicted molar refractivity (Wildman–Crippen MR) is 79.2 cm³/mol. The number of aromatic nitrogens is 5. The number of rotatable bonds is 2. The largest absolute Gasteiger partial charge is 0.340 e. The molecule has 0 radical (unpaired) electrons. The molecule has 0 unspecified atom stereocenters. The van der Waals surface area contributed by atoms with E-state index in [4.69, 9.17) is 0 Å². The molecule has 0 amide bonds. The Hall–Kier alpha value is -2.50. The molecule has 4 heterocycles. The lowest BCUT2D eigenvalue weighted by Gasteiger charge is -2.31. The number of hydrogen-bond acceptors (Lipinski definition) is 5. The molecule has 6 heteroatoms. The highest BCUT2D eigenvalue weighted by Crippen LogP contribution is 2.27. The average molecular weight is 280 g/mol. The van der Waals surface area contributed by atoms with Gasteiger partial charge in [-0.1, -0.05) is 6.07 Å². The molecule has 106 valence electrons. The van der Waals surface area contributed by atoms with E-state index in [9.17, 15) is 0 Å². The topological polar surface area (TPSA) is 59.2 Å². The van der Waals surface area contributed by atoms with E-state index in [0.29, 0.717) is 5.92 Å². The summed E-state index contributed by atoms with van der Waals surface area (Å²) < 4.78 is 2.08. The molecule has 1 aliphatic heterocycles. The van der Waals surface area contributed by atoms with Crippen LogP contribution in [0, 0.1) is 0 Å². The van der Waals surface area contributed by atoms with Gasteiger partial charge in [0.05, 0.1) is 0 Å². The molecule has 21 heavy (non-hydrogen) atoms. The first kappa shape index (κ1) is 12.3. The van der Waals surface area contributed by atoms with Crippen molar-refractivity contribution in [2.45, 2.75) is 18.8 Å². The second-order valence-corrected chi connectivity index (χ2v) is 5.32. The summed E-state index contributed by atoms with van der Waals surface area (Å²) in [6, 6.07) is 7.83. The van der Waals surface area contributed by atoms with Gasteiger partial charge in [-0.3, -0.25) is 4.40 Å². The minimum atomic E-state index is 0.361. The van der Waals surface area contributed by atoms with Gasteiger partial charge >= 0.3 is 0 Å². The molecule has 0 aromatic carbocycles. The van der Waals surface area contributed by atoms with Gasteiger partial charge in [-0.25, -0.2) is 9.97 Å². The first-order chi connectivity index (χ1) is 10.4. The van der Waals surface area contributed by atoms with E-state index in [2.05, 4.69) is 29.5 Å². The van der Waals surface area contributed by atoms with Gasteiger partial charge in [0.25, 0.3) is 0 Å². The van der Waals surface area contributed by atoms with Crippen LogP contribution < -0.4 is 4.90 Å². The second-order valence-electron chi connectivity index (χ2n) is 5.32. The SMILES string of the molecule is c1cnc(N2CCC[C@H](c3nnc4ccccn34)C2)nc1. The molecule has 3 aromatic heterocycles. The Morgan fingerprint density at radius 1 is 1.05 bits per heavy atom. The van der Waals surface area contributed by atoms with Gasteiger partial charge in [-0.05, 0) is 31.0 Å². The molecule has 1 saturated heterocycles. The maximum Gasteiger partial charge on any atom is 0.225 e. The summed E-state index contributed by atoms with van der Waals surface area (Å²) in [5.74, 6) is 2.20. The summed E-state index contributed by atoms with van der Waals surface area (Å²) in [4.78, 5) is 10.9. The number of pyridine rings is 1. The van der Waals surface area contributed by atoms with Crippen LogP contribution in [0.2, 0.25) is 0 Å².